The van der Waals surface area contributed by atoms with Crippen molar-refractivity contribution in [3.8, 4) is 27.9 Å². The molecule has 3 saturated carbocycles. The van der Waals surface area contributed by atoms with E-state index < -0.39 is 15.6 Å². The molecule has 3 aliphatic carbocycles. The molecule has 0 amide bonds. The van der Waals surface area contributed by atoms with Gasteiger partial charge in [0.1, 0.15) is 5.69 Å². The molecule has 0 spiro atoms. The van der Waals surface area contributed by atoms with E-state index in [0.29, 0.717) is 42.0 Å². The second-order valence-corrected chi connectivity index (χ2v) is 11.4. The molecule has 2 aromatic heterocycles. The third-order valence-electron chi connectivity index (χ3n) is 6.07. The lowest BCUT2D eigenvalue weighted by Gasteiger charge is -2.66. The number of sulfonamides is 1. The molecule has 2 bridgehead atoms. The third kappa shape index (κ3) is 3.20. The number of aryl methyl sites for hydroxylation is 2. The van der Waals surface area contributed by atoms with Crippen LogP contribution in [0.4, 0.5) is 5.82 Å². The number of nitrogens with zero attached hydrogens (tertiary/aromatic N) is 4. The largest absolute Gasteiger partial charge is 0.382 e. The molecule has 0 saturated heterocycles. The first-order valence-electron chi connectivity index (χ1n) is 9.76. The van der Waals surface area contributed by atoms with Crippen molar-refractivity contribution in [3.05, 3.63) is 41.2 Å². The van der Waals surface area contributed by atoms with E-state index in [9.17, 15) is 13.7 Å². The average molecular weight is 453 g/mol. The fourth-order valence-electron chi connectivity index (χ4n) is 4.58. The molecule has 0 aliphatic heterocycles. The van der Waals surface area contributed by atoms with Crippen molar-refractivity contribution in [1.29, 1.82) is 5.26 Å². The molecular formula is C21H20N6O2S2. The third-order valence-corrected chi connectivity index (χ3v) is 8.56. The van der Waals surface area contributed by atoms with E-state index in [4.69, 9.17) is 5.73 Å². The van der Waals surface area contributed by atoms with Crippen LogP contribution in [0.2, 0.25) is 0 Å². The average Bonchev–Trinajstić information content (AvgIpc) is 3.10. The first kappa shape index (κ1) is 20.1. The first-order chi connectivity index (χ1) is 14.6. The van der Waals surface area contributed by atoms with Gasteiger partial charge in [0.05, 0.1) is 38.2 Å². The number of hydrogen-bond acceptors (Lipinski definition) is 8. The Morgan fingerprint density at radius 1 is 1.19 bits per heavy atom. The summed E-state index contributed by atoms with van der Waals surface area (Å²) in [7, 11) is -3.73. The van der Waals surface area contributed by atoms with Crippen molar-refractivity contribution < 1.29 is 8.42 Å². The summed E-state index contributed by atoms with van der Waals surface area (Å²) < 4.78 is 28.9. The van der Waals surface area contributed by atoms with Crippen molar-refractivity contribution in [2.24, 2.45) is 5.41 Å². The summed E-state index contributed by atoms with van der Waals surface area (Å²) in [6.07, 6.45) is 5.00. The van der Waals surface area contributed by atoms with Gasteiger partial charge in [-0.2, -0.15) is 5.26 Å². The molecule has 0 atom stereocenters. The topological polar surface area (TPSA) is 135 Å². The predicted octanol–water partition coefficient (Wildman–Crippen LogP) is 3.19. The quantitative estimate of drug-likeness (QED) is 0.607. The molecule has 3 aromatic rings. The fourth-order valence-corrected chi connectivity index (χ4v) is 6.78. The van der Waals surface area contributed by atoms with E-state index in [1.807, 2.05) is 13.8 Å². The van der Waals surface area contributed by atoms with Gasteiger partial charge in [-0.05, 0) is 50.8 Å². The summed E-state index contributed by atoms with van der Waals surface area (Å²) in [5.41, 5.74) is 7.85. The van der Waals surface area contributed by atoms with Gasteiger partial charge >= 0.3 is 0 Å². The minimum Gasteiger partial charge on any atom is -0.382 e. The molecule has 3 aliphatic rings. The maximum absolute atomic E-state index is 13.0. The van der Waals surface area contributed by atoms with Gasteiger partial charge in [-0.15, -0.1) is 11.3 Å². The number of anilines is 1. The number of nitrogens with two attached hydrogens (primary N) is 1. The first-order valence-corrected chi connectivity index (χ1v) is 12.1. The Labute approximate surface area is 184 Å². The standard InChI is InChI=1S/C21H20N6O2S2/c1-12-3-4-14(31(28,29)27-21-8-20(9-21,10-21)11-22)5-15(12)16-6-25-19(23)18(26-16)17-7-24-13(2)30-17/h3-7,27H,8-10H2,1-2H3,(H2,23,25). The molecular weight excluding hydrogens is 432 g/mol. The van der Waals surface area contributed by atoms with Crippen molar-refractivity contribution in [2.45, 2.75) is 43.5 Å². The summed E-state index contributed by atoms with van der Waals surface area (Å²) in [5, 5.41) is 10.1. The van der Waals surface area contributed by atoms with Gasteiger partial charge < -0.3 is 5.73 Å². The Balaban J connectivity index is 1.49. The van der Waals surface area contributed by atoms with Crippen LogP contribution in [0.15, 0.2) is 35.5 Å². The smallest absolute Gasteiger partial charge is 0.241 e. The van der Waals surface area contributed by atoms with E-state index >= 15 is 0 Å². The van der Waals surface area contributed by atoms with Crippen LogP contribution in [-0.2, 0) is 10.0 Å². The van der Waals surface area contributed by atoms with Gasteiger partial charge in [0.25, 0.3) is 0 Å². The molecule has 8 nitrogen and oxygen atoms in total. The fraction of sp³-hybridized carbons (Fsp3) is 0.333. The maximum Gasteiger partial charge on any atom is 0.241 e. The van der Waals surface area contributed by atoms with Crippen LogP contribution in [-0.4, -0.2) is 28.9 Å². The lowest BCUT2D eigenvalue weighted by molar-refractivity contribution is -0.0946. The van der Waals surface area contributed by atoms with Crippen LogP contribution >= 0.6 is 11.3 Å². The van der Waals surface area contributed by atoms with Gasteiger partial charge in [-0.25, -0.2) is 28.1 Å². The number of aromatic nitrogens is 3. The number of hydrogen-bond donors (Lipinski definition) is 2. The Kier molecular flexibility index (Phi) is 4.25. The number of nitrogen functional groups attached to an aromatic ring is 1. The lowest BCUT2D eigenvalue weighted by Crippen LogP contribution is -2.74. The molecule has 3 N–H and O–H groups in total. The zero-order valence-corrected chi connectivity index (χ0v) is 18.6. The molecule has 1 aromatic carbocycles. The molecule has 6 rings (SSSR count). The number of rotatable bonds is 5. The number of nitrogens with one attached hydrogen (secondary N) is 1. The Morgan fingerprint density at radius 2 is 1.94 bits per heavy atom. The zero-order chi connectivity index (χ0) is 22.0. The molecule has 10 heteroatoms. The van der Waals surface area contributed by atoms with Crippen LogP contribution in [0.3, 0.4) is 0 Å². The molecule has 3 fully saturated rings. The van der Waals surface area contributed by atoms with E-state index in [1.165, 1.54) is 11.3 Å². The van der Waals surface area contributed by atoms with E-state index in [-0.39, 0.29) is 10.3 Å². The van der Waals surface area contributed by atoms with E-state index in [0.717, 1.165) is 15.4 Å². The molecule has 31 heavy (non-hydrogen) atoms. The van der Waals surface area contributed by atoms with Crippen LogP contribution in [0.5, 0.6) is 0 Å². The molecule has 0 unspecified atom stereocenters. The van der Waals surface area contributed by atoms with Gasteiger partial charge in [0, 0.05) is 17.3 Å². The summed E-state index contributed by atoms with van der Waals surface area (Å²) >= 11 is 1.47. The van der Waals surface area contributed by atoms with Crippen LogP contribution in [0.25, 0.3) is 21.8 Å². The Bertz CT molecular complexity index is 1350. The van der Waals surface area contributed by atoms with Crippen molar-refractivity contribution in [1.82, 2.24) is 19.7 Å². The highest BCUT2D eigenvalue weighted by molar-refractivity contribution is 7.89. The van der Waals surface area contributed by atoms with Gasteiger partial charge in [-0.3, -0.25) is 0 Å². The van der Waals surface area contributed by atoms with Crippen molar-refractivity contribution in [3.63, 3.8) is 0 Å². The van der Waals surface area contributed by atoms with Crippen molar-refractivity contribution in [2.75, 3.05) is 5.73 Å². The number of benzene rings is 1. The summed E-state index contributed by atoms with van der Waals surface area (Å²) in [6.45, 7) is 3.79. The highest BCUT2D eigenvalue weighted by Gasteiger charge is 2.69. The normalized spacial score (nSPS) is 24.2. The summed E-state index contributed by atoms with van der Waals surface area (Å²) in [5.74, 6) is 0.297. The monoisotopic (exact) mass is 452 g/mol. The van der Waals surface area contributed by atoms with Crippen LogP contribution in [0, 0.1) is 30.6 Å². The summed E-state index contributed by atoms with van der Waals surface area (Å²) in [6, 6.07) is 7.26. The summed E-state index contributed by atoms with van der Waals surface area (Å²) in [4.78, 5) is 14.2. The highest BCUT2D eigenvalue weighted by atomic mass is 32.2. The Morgan fingerprint density at radius 3 is 2.58 bits per heavy atom. The second kappa shape index (κ2) is 6.56. The van der Waals surface area contributed by atoms with Crippen LogP contribution < -0.4 is 10.5 Å². The highest BCUT2D eigenvalue weighted by Crippen LogP contribution is 2.67. The number of nitriles is 1. The molecule has 158 valence electrons. The van der Waals surface area contributed by atoms with Crippen LogP contribution in [0.1, 0.15) is 29.8 Å². The van der Waals surface area contributed by atoms with Gasteiger partial charge in [0.15, 0.2) is 5.82 Å². The van der Waals surface area contributed by atoms with Gasteiger partial charge in [-0.1, -0.05) is 6.07 Å². The molecule has 0 radical (unpaired) electrons. The SMILES string of the molecule is Cc1ncc(-c2nc(-c3cc(S(=O)(=O)NC45CC(C#N)(C4)C5)ccc3C)cnc2N)s1. The van der Waals surface area contributed by atoms with E-state index in [1.54, 1.807) is 30.6 Å². The zero-order valence-electron chi connectivity index (χ0n) is 17.0. The van der Waals surface area contributed by atoms with Crippen molar-refractivity contribution >= 4 is 27.2 Å². The molecule has 2 heterocycles. The number of thiazole rings is 1. The van der Waals surface area contributed by atoms with Gasteiger partial charge in [0.2, 0.25) is 10.0 Å². The lowest BCUT2D eigenvalue weighted by atomic mass is 9.40. The second-order valence-electron chi connectivity index (χ2n) is 8.52. The minimum absolute atomic E-state index is 0.164. The maximum atomic E-state index is 13.0. The van der Waals surface area contributed by atoms with E-state index in [2.05, 4.69) is 25.7 Å². The predicted molar refractivity (Wildman–Crippen MR) is 117 cm³/mol. The minimum atomic E-state index is -3.73. The Hall–Kier alpha value is -2.87.